The fraction of sp³-hybridized carbons (Fsp3) is 0.269. The number of sulfonamides is 1. The van der Waals surface area contributed by atoms with E-state index in [0.29, 0.717) is 10.7 Å². The van der Waals surface area contributed by atoms with Crippen LogP contribution in [0.5, 0.6) is 5.75 Å². The van der Waals surface area contributed by atoms with Gasteiger partial charge in [-0.3, -0.25) is 0 Å². The highest BCUT2D eigenvalue weighted by Crippen LogP contribution is 2.56. The van der Waals surface area contributed by atoms with Crippen LogP contribution in [-0.4, -0.2) is 29.2 Å². The number of ether oxygens (including phenoxy) is 1. The van der Waals surface area contributed by atoms with E-state index in [2.05, 4.69) is 9.93 Å². The summed E-state index contributed by atoms with van der Waals surface area (Å²) in [5, 5.41) is 4.40. The van der Waals surface area contributed by atoms with Crippen LogP contribution < -0.4 is 9.57 Å². The Bertz CT molecular complexity index is 1640. The molecule has 3 aromatic carbocycles. The number of benzene rings is 3. The fourth-order valence-electron chi connectivity index (χ4n) is 5.17. The molecule has 1 saturated carbocycles. The molecule has 2 atom stereocenters. The normalized spacial score (nSPS) is 22.3. The summed E-state index contributed by atoms with van der Waals surface area (Å²) in [5.74, 6) is -3.07. The summed E-state index contributed by atoms with van der Waals surface area (Å²) in [6.07, 6.45) is -0.155. The Kier molecular flexibility index (Phi) is 6.73. The third-order valence-electron chi connectivity index (χ3n) is 7.10. The monoisotopic (exact) mass is 580 g/mol. The van der Waals surface area contributed by atoms with Crippen molar-refractivity contribution in [2.45, 2.75) is 40.7 Å². The maximum Gasteiger partial charge on any atom is 0.276 e. The Morgan fingerprint density at radius 1 is 0.947 bits per heavy atom. The van der Waals surface area contributed by atoms with E-state index < -0.39 is 47.9 Å². The van der Waals surface area contributed by atoms with Crippen molar-refractivity contribution >= 4 is 37.2 Å². The van der Waals surface area contributed by atoms with Gasteiger partial charge in [-0.15, -0.1) is 0 Å². The quantitative estimate of drug-likeness (QED) is 0.422. The molecule has 200 valence electrons. The Balaban J connectivity index is 1.56. The molecule has 0 saturated heterocycles. The van der Waals surface area contributed by atoms with Crippen LogP contribution in [0, 0.1) is 24.5 Å². The van der Waals surface area contributed by atoms with E-state index in [1.165, 1.54) is 36.4 Å². The smallest absolute Gasteiger partial charge is 0.276 e. The summed E-state index contributed by atoms with van der Waals surface area (Å²) in [6.45, 7) is 1.60. The highest BCUT2D eigenvalue weighted by atomic mass is 35.5. The van der Waals surface area contributed by atoms with Gasteiger partial charge >= 0.3 is 0 Å². The van der Waals surface area contributed by atoms with Gasteiger partial charge in [0.1, 0.15) is 10.6 Å². The first-order chi connectivity index (χ1) is 18.0. The molecule has 5 rings (SSSR count). The molecule has 0 amide bonds. The van der Waals surface area contributed by atoms with Crippen molar-refractivity contribution < 1.29 is 30.4 Å². The molecule has 1 aliphatic carbocycles. The van der Waals surface area contributed by atoms with Gasteiger partial charge in [0, 0.05) is 16.7 Å². The Hall–Kier alpha value is -3.02. The van der Waals surface area contributed by atoms with E-state index in [-0.39, 0.29) is 41.2 Å². The van der Waals surface area contributed by atoms with Gasteiger partial charge in [-0.05, 0) is 74.7 Å². The molecular formula is C26H23ClF2N2O5S2. The first kappa shape index (κ1) is 26.6. The standard InChI is InChI=1S/C26H23ClF2N2O5S2/c1-16-2-6-21(7-3-16)38(34,35)31-30-19-12-13-26(37(32,33)20-8-4-18(27)5-9-20)17(14-19)15-36-25-23(29)11-10-22(28)24(25)26/h2-11,17,31H,12-15H2,1H3/b30-19-/t17?,26-/m0/s1. The maximum atomic E-state index is 15.3. The van der Waals surface area contributed by atoms with Crippen molar-refractivity contribution in [2.75, 3.05) is 6.61 Å². The maximum absolute atomic E-state index is 15.3. The first-order valence-corrected chi connectivity index (χ1v) is 15.1. The second kappa shape index (κ2) is 9.62. The highest BCUT2D eigenvalue weighted by molar-refractivity contribution is 7.92. The molecule has 1 aliphatic heterocycles. The van der Waals surface area contributed by atoms with Crippen LogP contribution in [0.1, 0.15) is 30.4 Å². The van der Waals surface area contributed by atoms with Crippen LogP contribution in [0.4, 0.5) is 8.78 Å². The van der Waals surface area contributed by atoms with Gasteiger partial charge in [-0.2, -0.15) is 13.5 Å². The van der Waals surface area contributed by atoms with Crippen LogP contribution >= 0.6 is 11.6 Å². The van der Waals surface area contributed by atoms with Crippen LogP contribution in [0.15, 0.2) is 75.6 Å². The van der Waals surface area contributed by atoms with Gasteiger partial charge in [0.2, 0.25) is 0 Å². The topological polar surface area (TPSA) is 102 Å². The second-order valence-electron chi connectivity index (χ2n) is 9.38. The van der Waals surface area contributed by atoms with E-state index in [1.54, 1.807) is 12.1 Å². The third-order valence-corrected chi connectivity index (χ3v) is 11.2. The first-order valence-electron chi connectivity index (χ1n) is 11.7. The van der Waals surface area contributed by atoms with Gasteiger partial charge in [0.25, 0.3) is 10.0 Å². The zero-order valence-corrected chi connectivity index (χ0v) is 22.5. The van der Waals surface area contributed by atoms with Crippen LogP contribution in [0.3, 0.4) is 0 Å². The molecule has 1 unspecified atom stereocenters. The third kappa shape index (κ3) is 4.36. The SMILES string of the molecule is Cc1ccc(S(=O)(=O)N/N=C2/CC[C@@]3(S(=O)(=O)c4ccc(Cl)cc4)c4c(F)ccc(F)c4OCC3C2)cc1. The van der Waals surface area contributed by atoms with Crippen molar-refractivity contribution in [1.82, 2.24) is 4.83 Å². The minimum Gasteiger partial charge on any atom is -0.490 e. The summed E-state index contributed by atoms with van der Waals surface area (Å²) in [7, 11) is -8.27. The lowest BCUT2D eigenvalue weighted by molar-refractivity contribution is 0.151. The molecule has 3 aromatic rings. The zero-order chi connectivity index (χ0) is 27.3. The van der Waals surface area contributed by atoms with E-state index in [0.717, 1.165) is 17.7 Å². The van der Waals surface area contributed by atoms with Crippen molar-refractivity contribution in [1.29, 1.82) is 0 Å². The van der Waals surface area contributed by atoms with E-state index in [9.17, 15) is 21.2 Å². The number of fused-ring (bicyclic) bond motifs is 3. The molecular weight excluding hydrogens is 558 g/mol. The molecule has 0 aromatic heterocycles. The van der Waals surface area contributed by atoms with Crippen molar-refractivity contribution in [3.63, 3.8) is 0 Å². The fourth-order valence-corrected chi connectivity index (χ4v) is 8.48. The lowest BCUT2D eigenvalue weighted by atomic mass is 9.72. The molecule has 1 heterocycles. The predicted octanol–water partition coefficient (Wildman–Crippen LogP) is 5.12. The van der Waals surface area contributed by atoms with E-state index >= 15 is 4.39 Å². The molecule has 0 radical (unpaired) electrons. The van der Waals surface area contributed by atoms with Crippen molar-refractivity contribution in [2.24, 2.45) is 11.0 Å². The number of aryl methyl sites for hydroxylation is 1. The average Bonchev–Trinajstić information content (AvgIpc) is 2.89. The lowest BCUT2D eigenvalue weighted by Crippen LogP contribution is -2.52. The highest BCUT2D eigenvalue weighted by Gasteiger charge is 2.59. The molecule has 38 heavy (non-hydrogen) atoms. The number of halogens is 3. The Morgan fingerprint density at radius 2 is 1.58 bits per heavy atom. The number of nitrogens with one attached hydrogen (secondary N) is 1. The number of hydrogen-bond donors (Lipinski definition) is 1. The molecule has 12 heteroatoms. The summed E-state index contributed by atoms with van der Waals surface area (Å²) < 4.78 is 87.5. The molecule has 2 aliphatic rings. The summed E-state index contributed by atoms with van der Waals surface area (Å²) in [4.78, 5) is 2.14. The number of sulfone groups is 1. The summed E-state index contributed by atoms with van der Waals surface area (Å²) in [5.41, 5.74) is 0.904. The van der Waals surface area contributed by atoms with Crippen LogP contribution in [-0.2, 0) is 24.6 Å². The second-order valence-corrected chi connectivity index (χ2v) is 13.7. The van der Waals surface area contributed by atoms with Crippen LogP contribution in [0.2, 0.25) is 5.02 Å². The molecule has 0 spiro atoms. The Morgan fingerprint density at radius 3 is 2.26 bits per heavy atom. The molecule has 0 bridgehead atoms. The zero-order valence-electron chi connectivity index (χ0n) is 20.1. The van der Waals surface area contributed by atoms with E-state index in [4.69, 9.17) is 16.3 Å². The largest absolute Gasteiger partial charge is 0.490 e. The number of rotatable bonds is 5. The number of hydrogen-bond acceptors (Lipinski definition) is 6. The summed E-state index contributed by atoms with van der Waals surface area (Å²) in [6, 6.07) is 13.5. The number of nitrogens with zero attached hydrogens (tertiary/aromatic N) is 1. The predicted molar refractivity (Wildman–Crippen MR) is 138 cm³/mol. The molecule has 7 nitrogen and oxygen atoms in total. The van der Waals surface area contributed by atoms with Crippen molar-refractivity contribution in [3.05, 3.63) is 88.4 Å². The average molecular weight is 581 g/mol. The van der Waals surface area contributed by atoms with Crippen LogP contribution in [0.25, 0.3) is 0 Å². The number of hydrazone groups is 1. The van der Waals surface area contributed by atoms with Gasteiger partial charge in [-0.25, -0.2) is 22.0 Å². The van der Waals surface area contributed by atoms with E-state index in [1.807, 2.05) is 6.92 Å². The minimum absolute atomic E-state index is 0.0152. The Labute approximate surface area is 224 Å². The summed E-state index contributed by atoms with van der Waals surface area (Å²) >= 11 is 5.96. The molecule has 1 N–H and O–H groups in total. The minimum atomic E-state index is -4.31. The van der Waals surface area contributed by atoms with Gasteiger partial charge < -0.3 is 4.74 Å². The van der Waals surface area contributed by atoms with Gasteiger partial charge in [-0.1, -0.05) is 29.3 Å². The van der Waals surface area contributed by atoms with Gasteiger partial charge in [0.15, 0.2) is 21.4 Å². The van der Waals surface area contributed by atoms with Crippen molar-refractivity contribution in [3.8, 4) is 5.75 Å². The molecule has 1 fully saturated rings. The lowest BCUT2D eigenvalue weighted by Gasteiger charge is -2.47. The van der Waals surface area contributed by atoms with Gasteiger partial charge in [0.05, 0.1) is 22.0 Å².